The van der Waals surface area contributed by atoms with E-state index >= 15 is 0 Å². The Labute approximate surface area is 66.7 Å². The second-order valence-corrected chi connectivity index (χ2v) is 3.51. The van der Waals surface area contributed by atoms with Crippen molar-refractivity contribution in [3.8, 4) is 0 Å². The topological polar surface area (TPSA) is 0 Å². The Hall–Kier alpha value is 0.337. The van der Waals surface area contributed by atoms with Crippen molar-refractivity contribution in [3.05, 3.63) is 24.3 Å². The summed E-state index contributed by atoms with van der Waals surface area (Å²) in [5, 5.41) is 0. The van der Waals surface area contributed by atoms with Gasteiger partial charge in [-0.2, -0.15) is 0 Å². The molecule has 0 nitrogen and oxygen atoms in total. The fourth-order valence-electron chi connectivity index (χ4n) is 0.464. The molecule has 0 saturated carbocycles. The zero-order valence-corrected chi connectivity index (χ0v) is 7.96. The SMILES string of the molecule is [As]c1ccccc1[As]. The van der Waals surface area contributed by atoms with Gasteiger partial charge in [-0.1, -0.05) is 0 Å². The molecular formula is C6H4As2. The molecule has 2 heteroatoms. The fourth-order valence-corrected chi connectivity index (χ4v) is 1.14. The van der Waals surface area contributed by atoms with Crippen molar-refractivity contribution in [1.29, 1.82) is 0 Å². The Morgan fingerprint density at radius 3 is 1.50 bits per heavy atom. The van der Waals surface area contributed by atoms with E-state index in [-0.39, 0.29) is 0 Å². The maximum atomic E-state index is 2.53. The van der Waals surface area contributed by atoms with E-state index in [2.05, 4.69) is 45.8 Å². The van der Waals surface area contributed by atoms with Crippen molar-refractivity contribution in [2.24, 2.45) is 0 Å². The van der Waals surface area contributed by atoms with Crippen LogP contribution in [0.2, 0.25) is 0 Å². The van der Waals surface area contributed by atoms with Crippen LogP contribution in [0.15, 0.2) is 24.3 Å². The molecule has 0 amide bonds. The van der Waals surface area contributed by atoms with Gasteiger partial charge in [0.25, 0.3) is 0 Å². The number of hydrogen-bond acceptors (Lipinski definition) is 0. The normalized spacial score (nSPS) is 9.25. The molecule has 0 aliphatic carbocycles. The molecule has 0 aliphatic rings. The van der Waals surface area contributed by atoms with Crippen LogP contribution in [0.1, 0.15) is 0 Å². The Morgan fingerprint density at radius 1 is 0.875 bits per heavy atom. The molecule has 1 aromatic rings. The van der Waals surface area contributed by atoms with E-state index in [4.69, 9.17) is 0 Å². The molecular weight excluding hydrogens is 222 g/mol. The Bertz CT molecular complexity index is 163. The van der Waals surface area contributed by atoms with Crippen LogP contribution in [-0.4, -0.2) is 33.7 Å². The molecule has 0 bridgehead atoms. The Kier molecular flexibility index (Phi) is 2.23. The van der Waals surface area contributed by atoms with Gasteiger partial charge >= 0.3 is 66.7 Å². The van der Waals surface area contributed by atoms with Crippen LogP contribution in [0, 0.1) is 0 Å². The molecule has 0 fully saturated rings. The van der Waals surface area contributed by atoms with E-state index < -0.39 is 0 Å². The van der Waals surface area contributed by atoms with Crippen LogP contribution >= 0.6 is 0 Å². The minimum absolute atomic E-state index is 1.28. The minimum atomic E-state index is 1.28. The van der Waals surface area contributed by atoms with Crippen LogP contribution in [0.5, 0.6) is 0 Å². The van der Waals surface area contributed by atoms with E-state index in [1.807, 2.05) is 12.1 Å². The summed E-state index contributed by atoms with van der Waals surface area (Å²) < 4.78 is 2.56. The van der Waals surface area contributed by atoms with Crippen molar-refractivity contribution in [2.45, 2.75) is 0 Å². The van der Waals surface area contributed by atoms with Gasteiger partial charge in [0.2, 0.25) is 0 Å². The van der Waals surface area contributed by atoms with Crippen molar-refractivity contribution >= 4 is 42.4 Å². The van der Waals surface area contributed by atoms with Crippen LogP contribution in [0.4, 0.5) is 0 Å². The third-order valence-corrected chi connectivity index (χ3v) is 3.35. The van der Waals surface area contributed by atoms with Crippen molar-refractivity contribution < 1.29 is 0 Å². The first-order valence-electron chi connectivity index (χ1n) is 2.27. The molecule has 0 unspecified atom stereocenters. The first-order chi connectivity index (χ1) is 3.80. The van der Waals surface area contributed by atoms with E-state index in [0.29, 0.717) is 0 Å². The molecule has 0 atom stereocenters. The molecule has 38 valence electrons. The van der Waals surface area contributed by atoms with Crippen LogP contribution in [-0.2, 0) is 0 Å². The summed E-state index contributed by atoms with van der Waals surface area (Å²) in [5.74, 6) is 0. The van der Waals surface area contributed by atoms with E-state index in [9.17, 15) is 0 Å². The summed E-state index contributed by atoms with van der Waals surface area (Å²) in [6.45, 7) is 0. The predicted molar refractivity (Wildman–Crippen MR) is 37.2 cm³/mol. The van der Waals surface area contributed by atoms with Gasteiger partial charge in [0, 0.05) is 0 Å². The van der Waals surface area contributed by atoms with Crippen molar-refractivity contribution in [1.82, 2.24) is 0 Å². The molecule has 0 aromatic heterocycles. The average Bonchev–Trinajstić information content (AvgIpc) is 1.77. The third-order valence-electron chi connectivity index (χ3n) is 0.882. The molecule has 1 rings (SSSR count). The van der Waals surface area contributed by atoms with Crippen LogP contribution in [0.3, 0.4) is 0 Å². The fraction of sp³-hybridized carbons (Fsp3) is 0. The number of rotatable bonds is 0. The second-order valence-electron chi connectivity index (χ2n) is 1.49. The van der Waals surface area contributed by atoms with Gasteiger partial charge in [0.05, 0.1) is 0 Å². The second kappa shape index (κ2) is 2.76. The first kappa shape index (κ1) is 6.46. The maximum absolute atomic E-state index is 2.53. The molecule has 0 saturated heterocycles. The van der Waals surface area contributed by atoms with Gasteiger partial charge in [0.1, 0.15) is 0 Å². The molecule has 0 heterocycles. The standard InChI is InChI=1S/C6H4As2/c7-5-3-1-2-4-6(5)8/h1-4H. The Morgan fingerprint density at radius 2 is 1.25 bits per heavy atom. The zero-order valence-electron chi connectivity index (χ0n) is 4.20. The quantitative estimate of drug-likeness (QED) is 0.512. The number of hydrogen-bond donors (Lipinski definition) is 0. The van der Waals surface area contributed by atoms with Gasteiger partial charge in [-0.15, -0.1) is 0 Å². The zero-order chi connectivity index (χ0) is 5.98. The first-order valence-corrected chi connectivity index (χ1v) is 4.15. The molecule has 0 N–H and O–H groups in total. The van der Waals surface area contributed by atoms with Gasteiger partial charge in [0.15, 0.2) is 0 Å². The summed E-state index contributed by atoms with van der Waals surface area (Å²) >= 11 is 5.06. The van der Waals surface area contributed by atoms with Crippen LogP contribution < -0.4 is 8.70 Å². The van der Waals surface area contributed by atoms with E-state index in [1.165, 1.54) is 8.70 Å². The number of benzene rings is 1. The summed E-state index contributed by atoms with van der Waals surface area (Å²) in [5.41, 5.74) is 0. The van der Waals surface area contributed by atoms with Gasteiger partial charge < -0.3 is 0 Å². The Balaban J connectivity index is 3.13. The molecule has 8 heavy (non-hydrogen) atoms. The van der Waals surface area contributed by atoms with E-state index in [1.54, 1.807) is 0 Å². The summed E-state index contributed by atoms with van der Waals surface area (Å²) in [4.78, 5) is 0. The van der Waals surface area contributed by atoms with E-state index in [0.717, 1.165) is 0 Å². The molecule has 4 radical (unpaired) electrons. The third kappa shape index (κ3) is 1.40. The summed E-state index contributed by atoms with van der Waals surface area (Å²) in [7, 11) is 0. The van der Waals surface area contributed by atoms with Crippen molar-refractivity contribution in [3.63, 3.8) is 0 Å². The van der Waals surface area contributed by atoms with Gasteiger partial charge in [-0.05, 0) is 0 Å². The average molecular weight is 226 g/mol. The molecule has 0 aliphatic heterocycles. The van der Waals surface area contributed by atoms with Crippen LogP contribution in [0.25, 0.3) is 0 Å². The molecule has 0 spiro atoms. The van der Waals surface area contributed by atoms with Gasteiger partial charge in [-0.25, -0.2) is 0 Å². The monoisotopic (exact) mass is 226 g/mol. The van der Waals surface area contributed by atoms with Gasteiger partial charge in [-0.3, -0.25) is 0 Å². The van der Waals surface area contributed by atoms with Crippen molar-refractivity contribution in [2.75, 3.05) is 0 Å². The summed E-state index contributed by atoms with van der Waals surface area (Å²) in [6.07, 6.45) is 0. The summed E-state index contributed by atoms with van der Waals surface area (Å²) in [6, 6.07) is 8.22. The predicted octanol–water partition coefficient (Wildman–Crippen LogP) is -0.726. The molecule has 1 aromatic carbocycles.